The van der Waals surface area contributed by atoms with Crippen molar-refractivity contribution in [3.63, 3.8) is 0 Å². The minimum atomic E-state index is -0.436. The van der Waals surface area contributed by atoms with E-state index in [0.717, 1.165) is 30.5 Å². The number of fused-ring (bicyclic) bond motifs is 1. The Morgan fingerprint density at radius 1 is 1.06 bits per heavy atom. The molecule has 0 aromatic heterocycles. The predicted molar refractivity (Wildman–Crippen MR) is 137 cm³/mol. The number of nitrogens with two attached hydrogens (primary N) is 1. The van der Waals surface area contributed by atoms with Gasteiger partial charge in [-0.3, -0.25) is 14.5 Å². The number of carbonyl (C=O) groups is 3. The van der Waals surface area contributed by atoms with Gasteiger partial charge in [-0.05, 0) is 69.0 Å². The molecule has 0 bridgehead atoms. The highest BCUT2D eigenvalue weighted by atomic mass is 16.6. The van der Waals surface area contributed by atoms with Crippen LogP contribution in [-0.2, 0) is 9.53 Å². The van der Waals surface area contributed by atoms with Gasteiger partial charge in [0.05, 0.1) is 23.5 Å². The molecule has 0 saturated carbocycles. The van der Waals surface area contributed by atoms with E-state index in [1.807, 2.05) is 68.1 Å². The normalized spacial score (nSPS) is 19.7. The molecular weight excluding hydrogens is 444 g/mol. The van der Waals surface area contributed by atoms with Gasteiger partial charge in [0, 0.05) is 38.2 Å². The topological polar surface area (TPSA) is 96.2 Å². The largest absolute Gasteiger partial charge is 0.446 e. The fraction of sp³-hybridized carbons (Fsp3) is 0.444. The van der Waals surface area contributed by atoms with Gasteiger partial charge in [0.1, 0.15) is 0 Å². The van der Waals surface area contributed by atoms with Crippen molar-refractivity contribution >= 4 is 29.3 Å². The van der Waals surface area contributed by atoms with Crippen LogP contribution in [0, 0.1) is 0 Å². The summed E-state index contributed by atoms with van der Waals surface area (Å²) in [6, 6.07) is 13.1. The number of anilines is 2. The van der Waals surface area contributed by atoms with Gasteiger partial charge in [-0.15, -0.1) is 0 Å². The zero-order valence-corrected chi connectivity index (χ0v) is 20.9. The monoisotopic (exact) mass is 478 g/mol. The summed E-state index contributed by atoms with van der Waals surface area (Å²) >= 11 is 0. The van der Waals surface area contributed by atoms with Crippen molar-refractivity contribution in [3.05, 3.63) is 48.0 Å². The van der Waals surface area contributed by atoms with E-state index in [2.05, 4.69) is 0 Å². The summed E-state index contributed by atoms with van der Waals surface area (Å²) in [6.07, 6.45) is 1.23. The molecule has 35 heavy (non-hydrogen) atoms. The number of hydrogen-bond acceptors (Lipinski definition) is 5. The Hall–Kier alpha value is -3.39. The van der Waals surface area contributed by atoms with Crippen molar-refractivity contribution in [2.24, 2.45) is 5.73 Å². The Kier molecular flexibility index (Phi) is 7.12. The van der Waals surface area contributed by atoms with Gasteiger partial charge < -0.3 is 20.3 Å². The van der Waals surface area contributed by atoms with E-state index in [1.165, 1.54) is 6.92 Å². The minimum absolute atomic E-state index is 0.00337. The Morgan fingerprint density at radius 2 is 1.74 bits per heavy atom. The van der Waals surface area contributed by atoms with Crippen LogP contribution < -0.4 is 15.5 Å². The predicted octanol–water partition coefficient (Wildman–Crippen LogP) is 4.02. The van der Waals surface area contributed by atoms with Gasteiger partial charge in [0.2, 0.25) is 5.91 Å². The standard InChI is InChI=1S/C27H34N4O4/c1-17(2)35-27(34)30-16-18(3)31(19(4)32)24-12-11-22(14-25(24)30)20-7-9-21(10-8-20)26(33)29-13-5-6-23(29)15-28/h7-12,14,17-18,23H,5-6,13,15-16,28H2,1-4H3/t18-,23+/m0/s1. The number of likely N-dealkylation sites (tertiary alicyclic amines) is 1. The van der Waals surface area contributed by atoms with Crippen LogP contribution in [0.15, 0.2) is 42.5 Å². The number of hydrogen-bond donors (Lipinski definition) is 1. The van der Waals surface area contributed by atoms with E-state index < -0.39 is 6.09 Å². The lowest BCUT2D eigenvalue weighted by molar-refractivity contribution is -0.117. The maximum absolute atomic E-state index is 13.0. The first-order chi connectivity index (χ1) is 16.7. The number of benzene rings is 2. The van der Waals surface area contributed by atoms with E-state index in [0.29, 0.717) is 30.0 Å². The molecule has 0 spiro atoms. The van der Waals surface area contributed by atoms with Gasteiger partial charge >= 0.3 is 6.09 Å². The van der Waals surface area contributed by atoms with Crippen molar-refractivity contribution in [1.82, 2.24) is 4.90 Å². The summed E-state index contributed by atoms with van der Waals surface area (Å²) in [6.45, 7) is 8.62. The summed E-state index contributed by atoms with van der Waals surface area (Å²) in [5.74, 6) is -0.0763. The first-order valence-corrected chi connectivity index (χ1v) is 12.2. The van der Waals surface area contributed by atoms with Crippen LogP contribution in [0.4, 0.5) is 16.2 Å². The Labute approximate surface area is 206 Å². The lowest BCUT2D eigenvalue weighted by Crippen LogP contribution is -2.51. The number of amides is 3. The van der Waals surface area contributed by atoms with Crippen LogP contribution in [0.5, 0.6) is 0 Å². The van der Waals surface area contributed by atoms with Crippen molar-refractivity contribution in [1.29, 1.82) is 0 Å². The van der Waals surface area contributed by atoms with Gasteiger partial charge in [-0.1, -0.05) is 18.2 Å². The number of carbonyl (C=O) groups excluding carboxylic acids is 3. The van der Waals surface area contributed by atoms with Crippen LogP contribution in [0.2, 0.25) is 0 Å². The van der Waals surface area contributed by atoms with Crippen molar-refractivity contribution < 1.29 is 19.1 Å². The maximum Gasteiger partial charge on any atom is 0.414 e. The summed E-state index contributed by atoms with van der Waals surface area (Å²) in [5.41, 5.74) is 9.56. The van der Waals surface area contributed by atoms with E-state index in [1.54, 1.807) is 9.80 Å². The molecule has 2 aliphatic rings. The molecule has 2 aliphatic heterocycles. The van der Waals surface area contributed by atoms with Crippen LogP contribution in [0.3, 0.4) is 0 Å². The third kappa shape index (κ3) is 4.89. The van der Waals surface area contributed by atoms with E-state index in [-0.39, 0.29) is 30.0 Å². The molecule has 8 nitrogen and oxygen atoms in total. The van der Waals surface area contributed by atoms with Crippen LogP contribution in [-0.4, -0.2) is 60.6 Å². The van der Waals surface area contributed by atoms with E-state index >= 15 is 0 Å². The molecule has 2 aromatic rings. The fourth-order valence-electron chi connectivity index (χ4n) is 5.04. The quantitative estimate of drug-likeness (QED) is 0.716. The van der Waals surface area contributed by atoms with Gasteiger partial charge in [-0.2, -0.15) is 0 Å². The highest BCUT2D eigenvalue weighted by molar-refractivity contribution is 6.03. The summed E-state index contributed by atoms with van der Waals surface area (Å²) in [5, 5.41) is 0. The first-order valence-electron chi connectivity index (χ1n) is 12.2. The van der Waals surface area contributed by atoms with Crippen LogP contribution in [0.1, 0.15) is 50.9 Å². The molecule has 1 fully saturated rings. The SMILES string of the molecule is CC(=O)N1c2ccc(-c3ccc(C(=O)N4CCC[C@@H]4CN)cc3)cc2N(C(=O)OC(C)C)C[C@@H]1C. The van der Waals surface area contributed by atoms with E-state index in [9.17, 15) is 14.4 Å². The fourth-order valence-corrected chi connectivity index (χ4v) is 5.04. The number of nitrogens with zero attached hydrogens (tertiary/aromatic N) is 3. The Bertz CT molecular complexity index is 1110. The number of rotatable bonds is 4. The molecule has 0 aliphatic carbocycles. The molecule has 186 valence electrons. The lowest BCUT2D eigenvalue weighted by Gasteiger charge is -2.40. The minimum Gasteiger partial charge on any atom is -0.446 e. The second-order valence-corrected chi connectivity index (χ2v) is 9.59. The first kappa shape index (κ1) is 24.7. The molecule has 8 heteroatoms. The molecule has 0 unspecified atom stereocenters. The highest BCUT2D eigenvalue weighted by Crippen LogP contribution is 2.39. The zero-order chi connectivity index (χ0) is 25.3. The van der Waals surface area contributed by atoms with Crippen LogP contribution in [0.25, 0.3) is 11.1 Å². The molecule has 2 aromatic carbocycles. The van der Waals surface area contributed by atoms with Crippen LogP contribution >= 0.6 is 0 Å². The Balaban J connectivity index is 1.66. The summed E-state index contributed by atoms with van der Waals surface area (Å²) < 4.78 is 5.48. The van der Waals surface area contributed by atoms with Crippen molar-refractivity contribution in [3.8, 4) is 11.1 Å². The average molecular weight is 479 g/mol. The van der Waals surface area contributed by atoms with Gasteiger partial charge in [0.25, 0.3) is 5.91 Å². The highest BCUT2D eigenvalue weighted by Gasteiger charge is 2.35. The molecule has 0 radical (unpaired) electrons. The van der Waals surface area contributed by atoms with Gasteiger partial charge in [-0.25, -0.2) is 4.79 Å². The second kappa shape index (κ2) is 10.1. The smallest absolute Gasteiger partial charge is 0.414 e. The lowest BCUT2D eigenvalue weighted by atomic mass is 9.99. The van der Waals surface area contributed by atoms with Crippen molar-refractivity contribution in [2.75, 3.05) is 29.4 Å². The van der Waals surface area contributed by atoms with Gasteiger partial charge in [0.15, 0.2) is 0 Å². The number of ether oxygens (including phenoxy) is 1. The molecular formula is C27H34N4O4. The zero-order valence-electron chi connectivity index (χ0n) is 20.9. The summed E-state index contributed by atoms with van der Waals surface area (Å²) in [4.78, 5) is 43.4. The third-order valence-electron chi connectivity index (χ3n) is 6.68. The molecule has 2 heterocycles. The van der Waals surface area contributed by atoms with E-state index in [4.69, 9.17) is 10.5 Å². The molecule has 2 N–H and O–H groups in total. The average Bonchev–Trinajstić information content (AvgIpc) is 3.31. The molecule has 4 rings (SSSR count). The van der Waals surface area contributed by atoms with Crippen molar-refractivity contribution in [2.45, 2.75) is 58.7 Å². The molecule has 3 amide bonds. The maximum atomic E-state index is 13.0. The second-order valence-electron chi connectivity index (χ2n) is 9.59. The molecule has 2 atom stereocenters. The third-order valence-corrected chi connectivity index (χ3v) is 6.68. The molecule has 1 saturated heterocycles. The Morgan fingerprint density at radius 3 is 2.37 bits per heavy atom. The summed E-state index contributed by atoms with van der Waals surface area (Å²) in [7, 11) is 0.